The Kier molecular flexibility index (Phi) is 4.50. The second-order valence-electron chi connectivity index (χ2n) is 5.46. The van der Waals surface area contributed by atoms with Gasteiger partial charge in [-0.3, -0.25) is 4.90 Å². The van der Waals surface area contributed by atoms with Gasteiger partial charge in [-0.1, -0.05) is 30.7 Å². The molecule has 2 aromatic rings. The minimum atomic E-state index is -0.770. The number of furan rings is 1. The van der Waals surface area contributed by atoms with Crippen LogP contribution in [0.25, 0.3) is 11.0 Å². The Morgan fingerprint density at radius 3 is 3.10 bits per heavy atom. The molecule has 1 aromatic carbocycles. The number of hydrogen-bond donors (Lipinski definition) is 1. The first-order valence-electron chi connectivity index (χ1n) is 7.39. The standard InChI is InChI=1S/C16H20ClNO3/c1-2-6-18-7-8-20-14(10-18)15(19)13-9-11-4-3-5-12(17)16(11)21-13/h3-5,9,14-15,19H,2,6-8,10H2,1H3. The number of fused-ring (bicyclic) bond motifs is 1. The summed E-state index contributed by atoms with van der Waals surface area (Å²) >= 11 is 6.11. The predicted molar refractivity (Wildman–Crippen MR) is 82.7 cm³/mol. The third-order valence-corrected chi connectivity index (χ3v) is 4.17. The molecule has 1 aliphatic heterocycles. The number of aliphatic hydroxyl groups excluding tert-OH is 1. The van der Waals surface area contributed by atoms with E-state index in [1.165, 1.54) is 0 Å². The Hall–Kier alpha value is -1.07. The zero-order chi connectivity index (χ0) is 14.8. The highest BCUT2D eigenvalue weighted by atomic mass is 35.5. The van der Waals surface area contributed by atoms with Gasteiger partial charge in [0.15, 0.2) is 5.58 Å². The van der Waals surface area contributed by atoms with Gasteiger partial charge in [-0.25, -0.2) is 0 Å². The molecule has 4 nitrogen and oxygen atoms in total. The summed E-state index contributed by atoms with van der Waals surface area (Å²) < 4.78 is 11.4. The first-order valence-corrected chi connectivity index (χ1v) is 7.77. The molecule has 5 heteroatoms. The van der Waals surface area contributed by atoms with Gasteiger partial charge in [-0.2, -0.15) is 0 Å². The molecule has 2 atom stereocenters. The molecule has 1 N–H and O–H groups in total. The highest BCUT2D eigenvalue weighted by molar-refractivity contribution is 6.34. The number of rotatable bonds is 4. The second kappa shape index (κ2) is 6.36. The number of benzene rings is 1. The third kappa shape index (κ3) is 3.09. The van der Waals surface area contributed by atoms with Gasteiger partial charge < -0.3 is 14.3 Å². The van der Waals surface area contributed by atoms with Crippen LogP contribution in [0.15, 0.2) is 28.7 Å². The van der Waals surface area contributed by atoms with E-state index in [4.69, 9.17) is 20.8 Å². The number of halogens is 1. The highest BCUT2D eigenvalue weighted by Gasteiger charge is 2.30. The van der Waals surface area contributed by atoms with E-state index < -0.39 is 6.10 Å². The average molecular weight is 310 g/mol. The predicted octanol–water partition coefficient (Wildman–Crippen LogP) is 3.23. The Morgan fingerprint density at radius 1 is 1.48 bits per heavy atom. The van der Waals surface area contributed by atoms with Crippen molar-refractivity contribution in [3.63, 3.8) is 0 Å². The number of aliphatic hydroxyl groups is 1. The lowest BCUT2D eigenvalue weighted by Crippen LogP contribution is -2.45. The number of morpholine rings is 1. The number of ether oxygens (including phenoxy) is 1. The van der Waals surface area contributed by atoms with Crippen LogP contribution in [0.4, 0.5) is 0 Å². The smallest absolute Gasteiger partial charge is 0.152 e. The molecule has 0 bridgehead atoms. The van der Waals surface area contributed by atoms with E-state index in [0.29, 0.717) is 23.0 Å². The SMILES string of the molecule is CCCN1CCOC(C(O)c2cc3cccc(Cl)c3o2)C1. The monoisotopic (exact) mass is 309 g/mol. The van der Waals surface area contributed by atoms with Gasteiger partial charge in [-0.05, 0) is 25.1 Å². The molecular formula is C16H20ClNO3. The summed E-state index contributed by atoms with van der Waals surface area (Å²) in [5, 5.41) is 12.0. The van der Waals surface area contributed by atoms with E-state index >= 15 is 0 Å². The van der Waals surface area contributed by atoms with Crippen molar-refractivity contribution in [2.75, 3.05) is 26.2 Å². The van der Waals surface area contributed by atoms with Crippen molar-refractivity contribution in [1.29, 1.82) is 0 Å². The van der Waals surface area contributed by atoms with Crippen molar-refractivity contribution in [2.45, 2.75) is 25.6 Å². The molecule has 0 spiro atoms. The fourth-order valence-electron chi connectivity index (χ4n) is 2.82. The molecule has 0 radical (unpaired) electrons. The van der Waals surface area contributed by atoms with Crippen LogP contribution in [-0.2, 0) is 4.74 Å². The van der Waals surface area contributed by atoms with Crippen molar-refractivity contribution in [1.82, 2.24) is 4.90 Å². The molecule has 0 saturated carbocycles. The van der Waals surface area contributed by atoms with Crippen LogP contribution in [0, 0.1) is 0 Å². The van der Waals surface area contributed by atoms with Crippen LogP contribution in [0.2, 0.25) is 5.02 Å². The summed E-state index contributed by atoms with van der Waals surface area (Å²) in [6.45, 7) is 5.46. The quantitative estimate of drug-likeness (QED) is 0.942. The Morgan fingerprint density at radius 2 is 2.33 bits per heavy atom. The second-order valence-corrected chi connectivity index (χ2v) is 5.87. The lowest BCUT2D eigenvalue weighted by molar-refractivity contribution is -0.0950. The summed E-state index contributed by atoms with van der Waals surface area (Å²) in [6.07, 6.45) is 0.0704. The zero-order valence-electron chi connectivity index (χ0n) is 12.1. The molecule has 21 heavy (non-hydrogen) atoms. The lowest BCUT2D eigenvalue weighted by Gasteiger charge is -2.34. The van der Waals surface area contributed by atoms with Crippen LogP contribution < -0.4 is 0 Å². The number of hydrogen-bond acceptors (Lipinski definition) is 4. The first kappa shape index (κ1) is 14.9. The topological polar surface area (TPSA) is 45.8 Å². The molecule has 1 saturated heterocycles. The molecule has 1 aromatic heterocycles. The van der Waals surface area contributed by atoms with Crippen molar-refractivity contribution in [3.05, 3.63) is 35.0 Å². The first-order chi connectivity index (χ1) is 10.2. The average Bonchev–Trinajstić information content (AvgIpc) is 2.93. The van der Waals surface area contributed by atoms with Crippen LogP contribution >= 0.6 is 11.6 Å². The van der Waals surface area contributed by atoms with Gasteiger partial charge in [0.1, 0.15) is 18.0 Å². The maximum atomic E-state index is 10.5. The minimum absolute atomic E-state index is 0.260. The fourth-order valence-corrected chi connectivity index (χ4v) is 3.04. The molecule has 1 aliphatic rings. The zero-order valence-corrected chi connectivity index (χ0v) is 12.8. The summed E-state index contributed by atoms with van der Waals surface area (Å²) in [5.41, 5.74) is 0.620. The molecule has 0 aliphatic carbocycles. The molecule has 2 heterocycles. The molecule has 1 fully saturated rings. The van der Waals surface area contributed by atoms with E-state index in [2.05, 4.69) is 11.8 Å². The van der Waals surface area contributed by atoms with Gasteiger partial charge in [-0.15, -0.1) is 0 Å². The largest absolute Gasteiger partial charge is 0.457 e. The van der Waals surface area contributed by atoms with Crippen LogP contribution in [0.3, 0.4) is 0 Å². The molecule has 0 amide bonds. The summed E-state index contributed by atoms with van der Waals surface area (Å²) in [5.74, 6) is 0.515. The van der Waals surface area contributed by atoms with Gasteiger partial charge in [0, 0.05) is 18.5 Å². The Balaban J connectivity index is 1.79. The van der Waals surface area contributed by atoms with Crippen LogP contribution in [0.1, 0.15) is 25.2 Å². The summed E-state index contributed by atoms with van der Waals surface area (Å²) in [4.78, 5) is 2.31. The molecular weight excluding hydrogens is 290 g/mol. The summed E-state index contributed by atoms with van der Waals surface area (Å²) in [7, 11) is 0. The van der Waals surface area contributed by atoms with Crippen LogP contribution in [0.5, 0.6) is 0 Å². The molecule has 2 unspecified atom stereocenters. The highest BCUT2D eigenvalue weighted by Crippen LogP contribution is 2.31. The lowest BCUT2D eigenvalue weighted by atomic mass is 10.1. The third-order valence-electron chi connectivity index (χ3n) is 3.88. The van der Waals surface area contributed by atoms with Crippen LogP contribution in [-0.4, -0.2) is 42.4 Å². The van der Waals surface area contributed by atoms with E-state index in [1.54, 1.807) is 6.07 Å². The van der Waals surface area contributed by atoms with E-state index in [1.807, 2.05) is 18.2 Å². The summed E-state index contributed by atoms with van der Waals surface area (Å²) in [6, 6.07) is 7.42. The number of para-hydroxylation sites is 1. The van der Waals surface area contributed by atoms with E-state index in [9.17, 15) is 5.11 Å². The normalized spacial score (nSPS) is 21.8. The van der Waals surface area contributed by atoms with E-state index in [0.717, 1.165) is 31.4 Å². The van der Waals surface area contributed by atoms with Crippen molar-refractivity contribution < 1.29 is 14.3 Å². The maximum Gasteiger partial charge on any atom is 0.152 e. The Labute approximate surface area is 129 Å². The van der Waals surface area contributed by atoms with Crippen molar-refractivity contribution in [3.8, 4) is 0 Å². The van der Waals surface area contributed by atoms with Crippen molar-refractivity contribution in [2.24, 2.45) is 0 Å². The van der Waals surface area contributed by atoms with Crippen molar-refractivity contribution >= 4 is 22.6 Å². The van der Waals surface area contributed by atoms with Gasteiger partial charge in [0.2, 0.25) is 0 Å². The number of nitrogens with zero attached hydrogens (tertiary/aromatic N) is 1. The molecule has 3 rings (SSSR count). The van der Waals surface area contributed by atoms with Gasteiger partial charge in [0.25, 0.3) is 0 Å². The maximum absolute atomic E-state index is 10.5. The molecule has 114 valence electrons. The fraction of sp³-hybridized carbons (Fsp3) is 0.500. The van der Waals surface area contributed by atoms with Gasteiger partial charge in [0.05, 0.1) is 11.6 Å². The van der Waals surface area contributed by atoms with E-state index in [-0.39, 0.29) is 6.10 Å². The van der Waals surface area contributed by atoms with Gasteiger partial charge >= 0.3 is 0 Å². The Bertz CT molecular complexity index is 611. The minimum Gasteiger partial charge on any atom is -0.457 e.